The van der Waals surface area contributed by atoms with Gasteiger partial charge in [-0.25, -0.2) is 13.8 Å². The number of carbonyl (C=O) groups is 1. The molecule has 1 saturated carbocycles. The molecule has 8 heteroatoms. The van der Waals surface area contributed by atoms with E-state index in [1.54, 1.807) is 0 Å². The highest BCUT2D eigenvalue weighted by Gasteiger charge is 2.49. The molecule has 0 radical (unpaired) electrons. The highest BCUT2D eigenvalue weighted by Crippen LogP contribution is 2.50. The molecule has 0 bridgehead atoms. The largest absolute Gasteiger partial charge is 0.471 e. The molecule has 37 heavy (non-hydrogen) atoms. The van der Waals surface area contributed by atoms with Gasteiger partial charge in [0.15, 0.2) is 0 Å². The van der Waals surface area contributed by atoms with Crippen LogP contribution in [0.3, 0.4) is 0 Å². The molecule has 1 aliphatic heterocycles. The first-order valence-electron chi connectivity index (χ1n) is 13.1. The fourth-order valence-corrected chi connectivity index (χ4v) is 5.86. The molecular formula is C29H39F2N3O3. The zero-order valence-electron chi connectivity index (χ0n) is 22.4. The third-order valence-electron chi connectivity index (χ3n) is 7.18. The summed E-state index contributed by atoms with van der Waals surface area (Å²) in [6.45, 7) is 10.3. The second-order valence-corrected chi connectivity index (χ2v) is 12.3. The summed E-state index contributed by atoms with van der Waals surface area (Å²) < 4.78 is 33.9. The van der Waals surface area contributed by atoms with E-state index in [0.29, 0.717) is 17.4 Å². The van der Waals surface area contributed by atoms with Gasteiger partial charge in [0.25, 0.3) is 0 Å². The number of benzene rings is 1. The number of aliphatic hydroxyl groups is 1. The summed E-state index contributed by atoms with van der Waals surface area (Å²) in [4.78, 5) is 16.5. The van der Waals surface area contributed by atoms with Gasteiger partial charge >= 0.3 is 0 Å². The Hall–Kier alpha value is -2.58. The van der Waals surface area contributed by atoms with Crippen molar-refractivity contribution in [3.63, 3.8) is 0 Å². The summed E-state index contributed by atoms with van der Waals surface area (Å²) >= 11 is 0. The number of hydrogen-bond acceptors (Lipinski definition) is 5. The molecule has 2 aromatic rings. The van der Waals surface area contributed by atoms with Gasteiger partial charge in [-0.15, -0.1) is 0 Å². The molecule has 0 unspecified atom stereocenters. The van der Waals surface area contributed by atoms with E-state index in [0.717, 1.165) is 42.9 Å². The Morgan fingerprint density at radius 2 is 1.84 bits per heavy atom. The SMILES string of the molecule is CC(=O)N[C@@H](Cc1cc(F)cc(F)c1)[C@@H](O)CN[C@H]1CC2(CC(C)C2)Oc2ncc(CC(C)(C)C)cc21. The Morgan fingerprint density at radius 3 is 2.43 bits per heavy atom. The van der Waals surface area contributed by atoms with Crippen molar-refractivity contribution in [1.29, 1.82) is 0 Å². The third-order valence-corrected chi connectivity index (χ3v) is 7.18. The summed E-state index contributed by atoms with van der Waals surface area (Å²) in [6.07, 6.45) is 4.55. The van der Waals surface area contributed by atoms with Crippen molar-refractivity contribution in [2.45, 2.75) is 90.5 Å². The van der Waals surface area contributed by atoms with Crippen molar-refractivity contribution < 1.29 is 23.4 Å². The number of carbonyl (C=O) groups excluding carboxylic acids is 1. The molecule has 3 atom stereocenters. The van der Waals surface area contributed by atoms with Crippen LogP contribution in [0.2, 0.25) is 0 Å². The molecular weight excluding hydrogens is 476 g/mol. The fourth-order valence-electron chi connectivity index (χ4n) is 5.86. The molecule has 3 N–H and O–H groups in total. The van der Waals surface area contributed by atoms with Crippen LogP contribution in [-0.2, 0) is 17.6 Å². The lowest BCUT2D eigenvalue weighted by Crippen LogP contribution is -2.54. The van der Waals surface area contributed by atoms with Gasteiger partial charge in [0.05, 0.1) is 12.1 Å². The molecule has 202 valence electrons. The number of aliphatic hydroxyl groups excluding tert-OH is 1. The van der Waals surface area contributed by atoms with Gasteiger partial charge in [-0.05, 0) is 66.3 Å². The van der Waals surface area contributed by atoms with Gasteiger partial charge in [-0.1, -0.05) is 27.7 Å². The number of halogens is 2. The molecule has 1 aromatic carbocycles. The van der Waals surface area contributed by atoms with Crippen LogP contribution in [0, 0.1) is 23.0 Å². The second kappa shape index (κ2) is 10.7. The van der Waals surface area contributed by atoms with Gasteiger partial charge < -0.3 is 20.5 Å². The Morgan fingerprint density at radius 1 is 1.16 bits per heavy atom. The number of ether oxygens (including phenoxy) is 1. The lowest BCUT2D eigenvalue weighted by atomic mass is 9.67. The molecule has 6 nitrogen and oxygen atoms in total. The number of aromatic nitrogens is 1. The lowest BCUT2D eigenvalue weighted by Gasteiger charge is -2.50. The summed E-state index contributed by atoms with van der Waals surface area (Å²) in [5.74, 6) is -0.487. The minimum atomic E-state index is -0.983. The summed E-state index contributed by atoms with van der Waals surface area (Å²) in [5, 5.41) is 17.3. The molecule has 1 spiro atoms. The van der Waals surface area contributed by atoms with Crippen LogP contribution in [0.4, 0.5) is 8.78 Å². The number of fused-ring (bicyclic) bond motifs is 1. The first-order chi connectivity index (χ1) is 17.3. The predicted molar refractivity (Wildman–Crippen MR) is 138 cm³/mol. The van der Waals surface area contributed by atoms with E-state index in [1.807, 2.05) is 6.20 Å². The number of pyridine rings is 1. The van der Waals surface area contributed by atoms with E-state index in [1.165, 1.54) is 19.1 Å². The Kier molecular flexibility index (Phi) is 7.91. The second-order valence-electron chi connectivity index (χ2n) is 12.3. The first-order valence-corrected chi connectivity index (χ1v) is 13.1. The smallest absolute Gasteiger partial charge is 0.218 e. The van der Waals surface area contributed by atoms with E-state index in [-0.39, 0.29) is 35.9 Å². The molecule has 1 fully saturated rings. The highest BCUT2D eigenvalue weighted by atomic mass is 19.1. The zero-order chi connectivity index (χ0) is 27.0. The maximum Gasteiger partial charge on any atom is 0.218 e. The first kappa shape index (κ1) is 27.5. The maximum atomic E-state index is 13.7. The van der Waals surface area contributed by atoms with Crippen LogP contribution in [0.5, 0.6) is 5.88 Å². The topological polar surface area (TPSA) is 83.5 Å². The molecule has 1 aromatic heterocycles. The van der Waals surface area contributed by atoms with Gasteiger partial charge in [0, 0.05) is 43.8 Å². The molecule has 2 aliphatic rings. The van der Waals surface area contributed by atoms with Gasteiger partial charge in [-0.2, -0.15) is 0 Å². The van der Waals surface area contributed by atoms with Crippen molar-refractivity contribution in [2.24, 2.45) is 11.3 Å². The van der Waals surface area contributed by atoms with E-state index in [9.17, 15) is 18.7 Å². The monoisotopic (exact) mass is 515 g/mol. The van der Waals surface area contributed by atoms with E-state index in [4.69, 9.17) is 4.74 Å². The zero-order valence-corrected chi connectivity index (χ0v) is 22.4. The average Bonchev–Trinajstić information content (AvgIpc) is 2.74. The maximum absolute atomic E-state index is 13.7. The molecule has 1 aliphatic carbocycles. The van der Waals surface area contributed by atoms with Gasteiger partial charge in [-0.3, -0.25) is 4.79 Å². The van der Waals surface area contributed by atoms with Crippen molar-refractivity contribution >= 4 is 5.91 Å². The van der Waals surface area contributed by atoms with Crippen LogP contribution < -0.4 is 15.4 Å². The number of rotatable bonds is 8. The average molecular weight is 516 g/mol. The summed E-state index contributed by atoms with van der Waals surface area (Å²) in [6, 6.07) is 4.59. The molecule has 4 rings (SSSR count). The van der Waals surface area contributed by atoms with Crippen LogP contribution in [0.25, 0.3) is 0 Å². The summed E-state index contributed by atoms with van der Waals surface area (Å²) in [5.41, 5.74) is 2.32. The number of nitrogens with one attached hydrogen (secondary N) is 2. The van der Waals surface area contributed by atoms with Crippen molar-refractivity contribution in [1.82, 2.24) is 15.6 Å². The van der Waals surface area contributed by atoms with Crippen molar-refractivity contribution in [3.8, 4) is 5.88 Å². The number of amides is 1. The Labute approximate surface area is 218 Å². The van der Waals surface area contributed by atoms with Crippen LogP contribution in [0.15, 0.2) is 30.5 Å². The highest BCUT2D eigenvalue weighted by molar-refractivity contribution is 5.73. The standard InChI is InChI=1S/C29H39F2N3O3/c1-17-11-29(12-17)14-25(23-8-20(13-28(3,4)5)15-33-27(23)37-29)32-16-26(36)24(34-18(2)35)9-19-6-21(30)10-22(31)7-19/h6-8,10,15,17,24-26,32,36H,9,11-14,16H2,1-5H3,(H,34,35)/t17?,24-,25-,26-,29?/m0/s1. The Bertz CT molecular complexity index is 1110. The number of hydrogen-bond donors (Lipinski definition) is 3. The third kappa shape index (κ3) is 7.05. The van der Waals surface area contributed by atoms with Crippen LogP contribution in [-0.4, -0.2) is 40.3 Å². The van der Waals surface area contributed by atoms with Gasteiger partial charge in [0.2, 0.25) is 11.8 Å². The molecule has 2 heterocycles. The Balaban J connectivity index is 1.52. The van der Waals surface area contributed by atoms with E-state index < -0.39 is 23.8 Å². The number of nitrogens with zero attached hydrogens (tertiary/aromatic N) is 1. The van der Waals surface area contributed by atoms with Gasteiger partial charge in [0.1, 0.15) is 17.2 Å². The molecule has 1 amide bonds. The fraction of sp³-hybridized carbons (Fsp3) is 0.586. The van der Waals surface area contributed by atoms with E-state index >= 15 is 0 Å². The molecule has 0 saturated heterocycles. The quantitative estimate of drug-likeness (QED) is 0.477. The lowest BCUT2D eigenvalue weighted by molar-refractivity contribution is -0.120. The van der Waals surface area contributed by atoms with Crippen molar-refractivity contribution in [3.05, 3.63) is 58.8 Å². The summed E-state index contributed by atoms with van der Waals surface area (Å²) in [7, 11) is 0. The van der Waals surface area contributed by atoms with E-state index in [2.05, 4.69) is 49.4 Å². The normalized spacial score (nSPS) is 24.5. The van der Waals surface area contributed by atoms with Crippen LogP contribution in [0.1, 0.15) is 76.6 Å². The minimum Gasteiger partial charge on any atom is -0.471 e. The minimum absolute atomic E-state index is 0.0806. The van der Waals surface area contributed by atoms with Crippen molar-refractivity contribution in [2.75, 3.05) is 6.54 Å². The van der Waals surface area contributed by atoms with Crippen LogP contribution >= 0.6 is 0 Å². The predicted octanol–water partition coefficient (Wildman–Crippen LogP) is 4.64.